The molecule has 3 rings (SSSR count). The number of hydrogen-bond acceptors (Lipinski definition) is 5. The maximum absolute atomic E-state index is 12.6. The van der Waals surface area contributed by atoms with Crippen LogP contribution in [-0.2, 0) is 6.54 Å². The monoisotopic (exact) mass is 389 g/mol. The molecule has 142 valence electrons. The van der Waals surface area contributed by atoms with E-state index < -0.39 is 12.3 Å². The van der Waals surface area contributed by atoms with Crippen molar-refractivity contribution in [1.29, 1.82) is 0 Å². The van der Waals surface area contributed by atoms with Crippen LogP contribution in [0.2, 0.25) is 0 Å². The molecule has 3 aromatic rings. The fourth-order valence-corrected chi connectivity index (χ4v) is 3.63. The molecule has 0 fully saturated rings. The van der Waals surface area contributed by atoms with Crippen molar-refractivity contribution in [3.8, 4) is 11.5 Å². The summed E-state index contributed by atoms with van der Waals surface area (Å²) >= 11 is 1.81. The zero-order valence-corrected chi connectivity index (χ0v) is 15.8. The third-order valence-electron chi connectivity index (χ3n) is 3.94. The van der Waals surface area contributed by atoms with E-state index in [2.05, 4.69) is 33.6 Å². The topological polar surface area (TPSA) is 42.2 Å². The van der Waals surface area contributed by atoms with Crippen LogP contribution in [0, 0.1) is 0 Å². The lowest BCUT2D eigenvalue weighted by molar-refractivity contribution is 0.116. The van der Waals surface area contributed by atoms with Crippen LogP contribution >= 0.6 is 11.9 Å². The number of para-hydroxylation sites is 1. The molecule has 27 heavy (non-hydrogen) atoms. The van der Waals surface area contributed by atoms with Gasteiger partial charge in [0.15, 0.2) is 0 Å². The molecule has 0 spiro atoms. The number of aromatic nitrogens is 2. The fraction of sp³-hybridized carbons (Fsp3) is 0.300. The zero-order valence-electron chi connectivity index (χ0n) is 15.0. The lowest BCUT2D eigenvalue weighted by atomic mass is 10.1. The Balaban J connectivity index is 1.72. The van der Waals surface area contributed by atoms with Crippen LogP contribution in [0.5, 0.6) is 0 Å². The first-order valence-electron chi connectivity index (χ1n) is 8.83. The molecule has 0 radical (unpaired) electrons. The smallest absolute Gasteiger partial charge is 0.314 e. The normalized spacial score (nSPS) is 11.1. The minimum Gasteiger partial charge on any atom is -0.415 e. The van der Waals surface area contributed by atoms with Crippen LogP contribution in [-0.4, -0.2) is 16.0 Å². The predicted molar refractivity (Wildman–Crippen MR) is 105 cm³/mol. The number of anilines is 1. The number of halogens is 2. The van der Waals surface area contributed by atoms with E-state index in [1.54, 1.807) is 0 Å². The first kappa shape index (κ1) is 19.4. The molecule has 0 bridgehead atoms. The Morgan fingerprint density at radius 1 is 1.04 bits per heavy atom. The molecule has 0 N–H and O–H groups in total. The summed E-state index contributed by atoms with van der Waals surface area (Å²) in [6, 6.07) is 17.8. The lowest BCUT2D eigenvalue weighted by Gasteiger charge is -2.23. The van der Waals surface area contributed by atoms with Crippen LogP contribution in [0.25, 0.3) is 11.5 Å². The fourth-order valence-electron chi connectivity index (χ4n) is 2.48. The molecule has 0 aliphatic carbocycles. The molecular weight excluding hydrogens is 368 g/mol. The van der Waals surface area contributed by atoms with Gasteiger partial charge in [0.1, 0.15) is 0 Å². The second-order valence-corrected chi connectivity index (χ2v) is 7.11. The molecular formula is C20H21F2N3OS. The minimum absolute atomic E-state index is 0.106. The molecule has 1 heterocycles. The molecule has 7 heteroatoms. The quantitative estimate of drug-likeness (QED) is 0.325. The standard InChI is InChI=1S/C20H21F2N3OS/c1-2-3-13-27-25(17-7-5-4-6-8-17)14-15-9-11-16(12-10-15)19-23-24-20(26-19)18(21)22/h4-12,18H,2-3,13-14H2,1H3. The highest BCUT2D eigenvalue weighted by molar-refractivity contribution is 8.00. The predicted octanol–water partition coefficient (Wildman–Crippen LogP) is 6.13. The number of benzene rings is 2. The summed E-state index contributed by atoms with van der Waals surface area (Å²) in [7, 11) is 0. The average Bonchev–Trinajstić information content (AvgIpc) is 3.19. The lowest BCUT2D eigenvalue weighted by Crippen LogP contribution is -2.14. The van der Waals surface area contributed by atoms with Gasteiger partial charge in [-0.15, -0.1) is 10.2 Å². The molecule has 0 aliphatic rings. The Hall–Kier alpha value is -2.41. The van der Waals surface area contributed by atoms with Crippen LogP contribution in [0.4, 0.5) is 14.5 Å². The van der Waals surface area contributed by atoms with Crippen LogP contribution in [0.3, 0.4) is 0 Å². The van der Waals surface area contributed by atoms with Gasteiger partial charge in [-0.3, -0.25) is 0 Å². The van der Waals surface area contributed by atoms with Crippen molar-refractivity contribution >= 4 is 17.6 Å². The van der Waals surface area contributed by atoms with Crippen molar-refractivity contribution < 1.29 is 13.2 Å². The van der Waals surface area contributed by atoms with E-state index in [0.29, 0.717) is 5.56 Å². The van der Waals surface area contributed by atoms with Gasteiger partial charge in [-0.05, 0) is 48.2 Å². The highest BCUT2D eigenvalue weighted by atomic mass is 32.2. The summed E-state index contributed by atoms with van der Waals surface area (Å²) in [4.78, 5) is 0. The van der Waals surface area contributed by atoms with Crippen LogP contribution in [0.15, 0.2) is 59.0 Å². The second-order valence-electron chi connectivity index (χ2n) is 6.00. The molecule has 0 aliphatic heterocycles. The maximum atomic E-state index is 12.6. The van der Waals surface area contributed by atoms with Gasteiger partial charge in [-0.1, -0.05) is 43.7 Å². The first-order chi connectivity index (χ1) is 13.2. The second kappa shape index (κ2) is 9.50. The van der Waals surface area contributed by atoms with Crippen molar-refractivity contribution in [3.05, 3.63) is 66.1 Å². The van der Waals surface area contributed by atoms with E-state index in [9.17, 15) is 8.78 Å². The van der Waals surface area contributed by atoms with Crippen molar-refractivity contribution in [2.24, 2.45) is 0 Å². The van der Waals surface area contributed by atoms with E-state index in [1.165, 1.54) is 0 Å². The summed E-state index contributed by atoms with van der Waals surface area (Å²) in [5, 5.41) is 7.05. The van der Waals surface area contributed by atoms with E-state index >= 15 is 0 Å². The van der Waals surface area contributed by atoms with Crippen LogP contribution < -0.4 is 4.31 Å². The molecule has 0 saturated heterocycles. The average molecular weight is 389 g/mol. The van der Waals surface area contributed by atoms with E-state index in [-0.39, 0.29) is 5.89 Å². The van der Waals surface area contributed by atoms with Crippen LogP contribution in [0.1, 0.15) is 37.6 Å². The Labute approximate surface area is 161 Å². The molecule has 2 aromatic carbocycles. The summed E-state index contributed by atoms with van der Waals surface area (Å²) in [5.41, 5.74) is 2.89. The Bertz CT molecular complexity index is 825. The number of alkyl halides is 2. The summed E-state index contributed by atoms with van der Waals surface area (Å²) < 4.78 is 32.4. The largest absolute Gasteiger partial charge is 0.415 e. The summed E-state index contributed by atoms with van der Waals surface area (Å²) in [6.45, 7) is 2.92. The molecule has 4 nitrogen and oxygen atoms in total. The van der Waals surface area contributed by atoms with Crippen molar-refractivity contribution in [2.75, 3.05) is 10.1 Å². The van der Waals surface area contributed by atoms with Crippen molar-refractivity contribution in [2.45, 2.75) is 32.7 Å². The molecule has 0 saturated carbocycles. The van der Waals surface area contributed by atoms with Gasteiger partial charge in [-0.2, -0.15) is 8.78 Å². The zero-order chi connectivity index (χ0) is 19.1. The van der Waals surface area contributed by atoms with Gasteiger partial charge >= 0.3 is 6.43 Å². The van der Waals surface area contributed by atoms with Crippen molar-refractivity contribution in [1.82, 2.24) is 10.2 Å². The Morgan fingerprint density at radius 2 is 1.78 bits per heavy atom. The van der Waals surface area contributed by atoms with Gasteiger partial charge in [0.05, 0.1) is 6.54 Å². The Morgan fingerprint density at radius 3 is 2.41 bits per heavy atom. The van der Waals surface area contributed by atoms with Gasteiger partial charge in [-0.25, -0.2) is 0 Å². The molecule has 0 atom stereocenters. The van der Waals surface area contributed by atoms with E-state index in [0.717, 1.165) is 36.4 Å². The summed E-state index contributed by atoms with van der Waals surface area (Å²) in [5.74, 6) is 0.507. The molecule has 0 unspecified atom stereocenters. The van der Waals surface area contributed by atoms with Crippen molar-refractivity contribution in [3.63, 3.8) is 0 Å². The number of hydrogen-bond donors (Lipinski definition) is 0. The highest BCUT2D eigenvalue weighted by Gasteiger charge is 2.17. The van der Waals surface area contributed by atoms with Gasteiger partial charge < -0.3 is 8.72 Å². The van der Waals surface area contributed by atoms with E-state index in [1.807, 2.05) is 54.4 Å². The van der Waals surface area contributed by atoms with Gasteiger partial charge in [0.25, 0.3) is 5.89 Å². The Kier molecular flexibility index (Phi) is 6.81. The van der Waals surface area contributed by atoms with E-state index in [4.69, 9.17) is 4.42 Å². The molecule has 0 amide bonds. The third kappa shape index (κ3) is 5.29. The number of rotatable bonds is 9. The minimum atomic E-state index is -2.76. The maximum Gasteiger partial charge on any atom is 0.314 e. The third-order valence-corrected chi connectivity index (χ3v) is 5.07. The SMILES string of the molecule is CCCCSN(Cc1ccc(-c2nnc(C(F)F)o2)cc1)c1ccccc1. The van der Waals surface area contributed by atoms with Gasteiger partial charge in [0, 0.05) is 17.0 Å². The van der Waals surface area contributed by atoms with Gasteiger partial charge in [0.2, 0.25) is 5.89 Å². The first-order valence-corrected chi connectivity index (χ1v) is 9.78. The number of nitrogens with zero attached hydrogens (tertiary/aromatic N) is 3. The highest BCUT2D eigenvalue weighted by Crippen LogP contribution is 2.27. The number of unbranched alkanes of at least 4 members (excludes halogenated alkanes) is 1. The summed E-state index contributed by atoms with van der Waals surface area (Å²) in [6.07, 6.45) is -0.434. The molecule has 1 aromatic heterocycles.